The molecule has 2 aromatic heterocycles. The van der Waals surface area contributed by atoms with Crippen LogP contribution in [0.4, 0.5) is 5.82 Å². The first kappa shape index (κ1) is 11.7. The Labute approximate surface area is 120 Å². The van der Waals surface area contributed by atoms with Crippen molar-refractivity contribution in [1.29, 1.82) is 0 Å². The summed E-state index contributed by atoms with van der Waals surface area (Å²) in [4.78, 5) is 15.2. The lowest BCUT2D eigenvalue weighted by Crippen LogP contribution is -2.02. The van der Waals surface area contributed by atoms with E-state index in [1.165, 1.54) is 5.56 Å². The Morgan fingerprint density at radius 1 is 1.10 bits per heavy atom. The van der Waals surface area contributed by atoms with Crippen LogP contribution in [-0.2, 0) is 6.54 Å². The SMILES string of the molecule is Clc1nc(N2CC2)c2ncn(Cc3ccccc3)c2n1. The number of hydrogen-bond acceptors (Lipinski definition) is 4. The summed E-state index contributed by atoms with van der Waals surface area (Å²) < 4.78 is 2.01. The molecular formula is C14H12ClN5. The fourth-order valence-electron chi connectivity index (χ4n) is 2.28. The van der Waals surface area contributed by atoms with E-state index in [1.807, 2.05) is 22.8 Å². The van der Waals surface area contributed by atoms with Crippen molar-refractivity contribution in [3.8, 4) is 0 Å². The molecule has 1 fully saturated rings. The summed E-state index contributed by atoms with van der Waals surface area (Å²) in [6.45, 7) is 2.74. The zero-order valence-electron chi connectivity index (χ0n) is 10.7. The molecule has 4 rings (SSSR count). The molecule has 0 N–H and O–H groups in total. The maximum Gasteiger partial charge on any atom is 0.226 e. The minimum atomic E-state index is 0.272. The zero-order chi connectivity index (χ0) is 13.5. The summed E-state index contributed by atoms with van der Waals surface area (Å²) in [7, 11) is 0. The van der Waals surface area contributed by atoms with E-state index in [2.05, 4.69) is 32.0 Å². The van der Waals surface area contributed by atoms with Crippen LogP contribution in [-0.4, -0.2) is 32.6 Å². The molecule has 6 heteroatoms. The van der Waals surface area contributed by atoms with Crippen LogP contribution in [0, 0.1) is 0 Å². The molecular weight excluding hydrogens is 274 g/mol. The molecule has 0 saturated carbocycles. The molecule has 0 radical (unpaired) electrons. The van der Waals surface area contributed by atoms with Gasteiger partial charge in [0.1, 0.15) is 0 Å². The van der Waals surface area contributed by atoms with E-state index < -0.39 is 0 Å². The third-order valence-corrected chi connectivity index (χ3v) is 3.53. The van der Waals surface area contributed by atoms with Gasteiger partial charge in [0.25, 0.3) is 0 Å². The van der Waals surface area contributed by atoms with Gasteiger partial charge in [-0.05, 0) is 17.2 Å². The topological polar surface area (TPSA) is 46.6 Å². The Morgan fingerprint density at radius 2 is 1.90 bits per heavy atom. The van der Waals surface area contributed by atoms with Gasteiger partial charge in [-0.1, -0.05) is 30.3 Å². The van der Waals surface area contributed by atoms with Crippen LogP contribution in [0.15, 0.2) is 36.7 Å². The number of rotatable bonds is 3. The highest BCUT2D eigenvalue weighted by molar-refractivity contribution is 6.28. The predicted molar refractivity (Wildman–Crippen MR) is 78.1 cm³/mol. The summed E-state index contributed by atoms with van der Waals surface area (Å²) >= 11 is 6.04. The molecule has 1 aliphatic rings. The van der Waals surface area contributed by atoms with Crippen LogP contribution in [0.25, 0.3) is 11.2 Å². The largest absolute Gasteiger partial charge is 0.351 e. The molecule has 1 aromatic carbocycles. The highest BCUT2D eigenvalue weighted by Gasteiger charge is 2.25. The molecule has 3 aromatic rings. The summed E-state index contributed by atoms with van der Waals surface area (Å²) in [5.74, 6) is 0.840. The van der Waals surface area contributed by atoms with Gasteiger partial charge in [0.05, 0.1) is 12.9 Å². The van der Waals surface area contributed by atoms with Crippen molar-refractivity contribution >= 4 is 28.6 Å². The second-order valence-corrected chi connectivity index (χ2v) is 5.17. The number of anilines is 1. The average Bonchev–Trinajstić information content (AvgIpc) is 3.23. The molecule has 100 valence electrons. The molecule has 0 bridgehead atoms. The van der Waals surface area contributed by atoms with Crippen molar-refractivity contribution in [2.75, 3.05) is 18.0 Å². The normalized spacial score (nSPS) is 13.9. The van der Waals surface area contributed by atoms with Crippen LogP contribution >= 0.6 is 11.6 Å². The maximum atomic E-state index is 6.04. The molecule has 5 nitrogen and oxygen atoms in total. The van der Waals surface area contributed by atoms with Crippen molar-refractivity contribution in [2.45, 2.75) is 6.54 Å². The number of hydrogen-bond donors (Lipinski definition) is 0. The van der Waals surface area contributed by atoms with Gasteiger partial charge < -0.3 is 9.47 Å². The van der Waals surface area contributed by atoms with Crippen molar-refractivity contribution in [2.24, 2.45) is 0 Å². The lowest BCUT2D eigenvalue weighted by molar-refractivity contribution is 0.813. The minimum Gasteiger partial charge on any atom is -0.351 e. The standard InChI is InChI=1S/C14H12ClN5/c15-14-17-12(19-6-7-19)11-13(18-14)20(9-16-11)8-10-4-2-1-3-5-10/h1-5,9H,6-8H2. The second-order valence-electron chi connectivity index (χ2n) is 4.83. The Balaban J connectivity index is 1.81. The van der Waals surface area contributed by atoms with Gasteiger partial charge in [-0.2, -0.15) is 9.97 Å². The summed E-state index contributed by atoms with van der Waals surface area (Å²) in [6, 6.07) is 10.2. The zero-order valence-corrected chi connectivity index (χ0v) is 11.5. The number of nitrogens with zero attached hydrogens (tertiary/aromatic N) is 5. The number of aromatic nitrogens is 4. The Morgan fingerprint density at radius 3 is 2.65 bits per heavy atom. The predicted octanol–water partition coefficient (Wildman–Crippen LogP) is 2.35. The number of halogens is 1. The fourth-order valence-corrected chi connectivity index (χ4v) is 2.44. The van der Waals surface area contributed by atoms with Gasteiger partial charge >= 0.3 is 0 Å². The van der Waals surface area contributed by atoms with Crippen molar-refractivity contribution < 1.29 is 0 Å². The Hall–Kier alpha value is -2.14. The summed E-state index contributed by atoms with van der Waals surface area (Å²) in [5.41, 5.74) is 2.81. The van der Waals surface area contributed by atoms with Crippen molar-refractivity contribution in [3.63, 3.8) is 0 Å². The molecule has 0 unspecified atom stereocenters. The quantitative estimate of drug-likeness (QED) is 0.547. The lowest BCUT2D eigenvalue weighted by atomic mass is 10.2. The van der Waals surface area contributed by atoms with Crippen molar-refractivity contribution in [1.82, 2.24) is 19.5 Å². The molecule has 0 spiro atoms. The fraction of sp³-hybridized carbons (Fsp3) is 0.214. The van der Waals surface area contributed by atoms with Crippen molar-refractivity contribution in [3.05, 3.63) is 47.5 Å². The second kappa shape index (κ2) is 4.45. The lowest BCUT2D eigenvalue weighted by Gasteiger charge is -2.06. The minimum absolute atomic E-state index is 0.272. The smallest absolute Gasteiger partial charge is 0.226 e. The Kier molecular flexibility index (Phi) is 2.60. The van der Waals surface area contributed by atoms with Gasteiger partial charge in [-0.3, -0.25) is 0 Å². The summed E-state index contributed by atoms with van der Waals surface area (Å²) in [5, 5.41) is 0.272. The average molecular weight is 286 g/mol. The van der Waals surface area contributed by atoms with Gasteiger partial charge in [0, 0.05) is 13.1 Å². The third kappa shape index (κ3) is 2.00. The first-order valence-corrected chi connectivity index (χ1v) is 6.86. The summed E-state index contributed by atoms with van der Waals surface area (Å²) in [6.07, 6.45) is 1.80. The highest BCUT2D eigenvalue weighted by Crippen LogP contribution is 2.28. The van der Waals surface area contributed by atoms with Crippen LogP contribution in [0.5, 0.6) is 0 Å². The molecule has 0 aliphatic carbocycles. The van der Waals surface area contributed by atoms with Crippen LogP contribution in [0.3, 0.4) is 0 Å². The molecule has 1 saturated heterocycles. The van der Waals surface area contributed by atoms with Gasteiger partial charge in [0.15, 0.2) is 17.0 Å². The highest BCUT2D eigenvalue weighted by atomic mass is 35.5. The van der Waals surface area contributed by atoms with Gasteiger partial charge in [-0.15, -0.1) is 0 Å². The number of fused-ring (bicyclic) bond motifs is 1. The van der Waals surface area contributed by atoms with Crippen LogP contribution < -0.4 is 4.90 Å². The molecule has 1 aliphatic heterocycles. The number of benzene rings is 1. The van der Waals surface area contributed by atoms with E-state index in [9.17, 15) is 0 Å². The maximum absolute atomic E-state index is 6.04. The molecule has 20 heavy (non-hydrogen) atoms. The van der Waals surface area contributed by atoms with E-state index in [4.69, 9.17) is 11.6 Å². The third-order valence-electron chi connectivity index (χ3n) is 3.36. The Bertz CT molecular complexity index is 764. The molecule has 0 atom stereocenters. The molecule has 0 amide bonds. The van der Waals surface area contributed by atoms with E-state index in [1.54, 1.807) is 6.33 Å². The monoisotopic (exact) mass is 285 g/mol. The number of imidazole rings is 1. The van der Waals surface area contributed by atoms with Gasteiger partial charge in [0.2, 0.25) is 5.28 Å². The first-order valence-electron chi connectivity index (χ1n) is 6.48. The van der Waals surface area contributed by atoms with Crippen LogP contribution in [0.1, 0.15) is 5.56 Å². The van der Waals surface area contributed by atoms with E-state index in [-0.39, 0.29) is 5.28 Å². The van der Waals surface area contributed by atoms with Crippen LogP contribution in [0.2, 0.25) is 5.28 Å². The van der Waals surface area contributed by atoms with E-state index >= 15 is 0 Å². The van der Waals surface area contributed by atoms with E-state index in [0.717, 1.165) is 36.6 Å². The van der Waals surface area contributed by atoms with E-state index in [0.29, 0.717) is 0 Å². The van der Waals surface area contributed by atoms with Gasteiger partial charge in [-0.25, -0.2) is 4.98 Å². The first-order chi connectivity index (χ1) is 9.81. The molecule has 3 heterocycles.